The second-order valence-electron chi connectivity index (χ2n) is 3.39. The second-order valence-corrected chi connectivity index (χ2v) is 3.39. The van der Waals surface area contributed by atoms with E-state index in [-0.39, 0.29) is 12.0 Å². The monoisotopic (exact) mass is 207 g/mol. The van der Waals surface area contributed by atoms with Gasteiger partial charge in [0, 0.05) is 5.56 Å². The number of carbonyl (C=O) groups excluding carboxylic acids is 1. The summed E-state index contributed by atoms with van der Waals surface area (Å²) < 4.78 is 10.2. The maximum absolute atomic E-state index is 11.4. The molecule has 4 heteroatoms. The van der Waals surface area contributed by atoms with E-state index in [0.717, 1.165) is 5.56 Å². The highest BCUT2D eigenvalue weighted by Gasteiger charge is 2.21. The minimum atomic E-state index is -0.329. The van der Waals surface area contributed by atoms with Crippen molar-refractivity contribution >= 4 is 5.97 Å². The van der Waals surface area contributed by atoms with Crippen LogP contribution in [0.25, 0.3) is 0 Å². The van der Waals surface area contributed by atoms with E-state index in [9.17, 15) is 4.79 Å². The van der Waals surface area contributed by atoms with Gasteiger partial charge >= 0.3 is 5.97 Å². The van der Waals surface area contributed by atoms with Crippen LogP contribution in [0.4, 0.5) is 0 Å². The molecule has 15 heavy (non-hydrogen) atoms. The molecule has 1 unspecified atom stereocenters. The Balaban J connectivity index is 2.27. The highest BCUT2D eigenvalue weighted by molar-refractivity contribution is 5.90. The molecule has 2 rings (SSSR count). The van der Waals surface area contributed by atoms with Gasteiger partial charge in [-0.2, -0.15) is 0 Å². The third kappa shape index (κ3) is 1.80. The molecule has 2 N–H and O–H groups in total. The molecule has 1 aliphatic heterocycles. The largest absolute Gasteiger partial charge is 0.491 e. The zero-order chi connectivity index (χ0) is 10.8. The molecule has 80 valence electrons. The number of esters is 1. The van der Waals surface area contributed by atoms with E-state index in [1.165, 1.54) is 0 Å². The molecule has 1 aromatic carbocycles. The first-order chi connectivity index (χ1) is 7.22. The number of benzene rings is 1. The summed E-state index contributed by atoms with van der Waals surface area (Å²) in [5, 5.41) is 0. The van der Waals surface area contributed by atoms with Crippen LogP contribution in [0.5, 0.6) is 5.75 Å². The normalized spacial score (nSPS) is 18.1. The van der Waals surface area contributed by atoms with Crippen molar-refractivity contribution in [1.29, 1.82) is 0 Å². The molecule has 0 saturated heterocycles. The Morgan fingerprint density at radius 2 is 2.47 bits per heavy atom. The number of rotatable bonds is 2. The summed E-state index contributed by atoms with van der Waals surface area (Å²) in [6, 6.07) is 5.13. The molecule has 1 heterocycles. The highest BCUT2D eigenvalue weighted by atomic mass is 16.5. The topological polar surface area (TPSA) is 61.5 Å². The maximum Gasteiger partial charge on any atom is 0.338 e. The van der Waals surface area contributed by atoms with Gasteiger partial charge in [0.15, 0.2) is 0 Å². The lowest BCUT2D eigenvalue weighted by atomic mass is 10.1. The van der Waals surface area contributed by atoms with Gasteiger partial charge < -0.3 is 15.2 Å². The molecule has 0 aromatic heterocycles. The van der Waals surface area contributed by atoms with Crippen LogP contribution in [0, 0.1) is 0 Å². The Hall–Kier alpha value is -1.55. The van der Waals surface area contributed by atoms with E-state index < -0.39 is 0 Å². The first-order valence-corrected chi connectivity index (χ1v) is 4.92. The standard InChI is InChI=1S/C11H13NO3/c1-2-14-11(13)7-3-4-8-9(12)6-15-10(8)5-7/h3-5,9H,2,6,12H2,1H3. The average molecular weight is 207 g/mol. The molecule has 1 atom stereocenters. The highest BCUT2D eigenvalue weighted by Crippen LogP contribution is 2.31. The van der Waals surface area contributed by atoms with Gasteiger partial charge in [-0.15, -0.1) is 0 Å². The molecule has 0 saturated carbocycles. The zero-order valence-electron chi connectivity index (χ0n) is 8.53. The Kier molecular flexibility index (Phi) is 2.60. The quantitative estimate of drug-likeness (QED) is 0.741. The molecule has 0 bridgehead atoms. The van der Waals surface area contributed by atoms with Crippen LogP contribution in [0.3, 0.4) is 0 Å². The van der Waals surface area contributed by atoms with E-state index in [1.807, 2.05) is 6.07 Å². The molecule has 0 fully saturated rings. The fourth-order valence-electron chi connectivity index (χ4n) is 1.58. The Labute approximate surface area is 88.0 Å². The van der Waals surface area contributed by atoms with Gasteiger partial charge in [0.05, 0.1) is 18.2 Å². The summed E-state index contributed by atoms with van der Waals surface area (Å²) in [6.07, 6.45) is 0. The number of carbonyl (C=O) groups is 1. The van der Waals surface area contributed by atoms with Gasteiger partial charge in [-0.3, -0.25) is 0 Å². The average Bonchev–Trinajstić information content (AvgIpc) is 2.60. The molecule has 1 aromatic rings. The van der Waals surface area contributed by atoms with Crippen LogP contribution in [0.2, 0.25) is 0 Å². The maximum atomic E-state index is 11.4. The first kappa shape index (κ1) is 9.98. The van der Waals surface area contributed by atoms with Crippen molar-refractivity contribution in [3.63, 3.8) is 0 Å². The van der Waals surface area contributed by atoms with Crippen LogP contribution in [0.1, 0.15) is 28.9 Å². The van der Waals surface area contributed by atoms with E-state index >= 15 is 0 Å². The van der Waals surface area contributed by atoms with Crippen molar-refractivity contribution in [3.8, 4) is 5.75 Å². The van der Waals surface area contributed by atoms with Gasteiger partial charge in [0.25, 0.3) is 0 Å². The summed E-state index contributed by atoms with van der Waals surface area (Å²) in [5.74, 6) is 0.359. The van der Waals surface area contributed by atoms with Crippen molar-refractivity contribution in [3.05, 3.63) is 29.3 Å². The smallest absolute Gasteiger partial charge is 0.338 e. The van der Waals surface area contributed by atoms with Crippen molar-refractivity contribution in [2.45, 2.75) is 13.0 Å². The summed E-state index contributed by atoms with van der Waals surface area (Å²) in [7, 11) is 0. The SMILES string of the molecule is CCOC(=O)c1ccc2c(c1)OCC2N. The van der Waals surface area contributed by atoms with Gasteiger partial charge in [0.1, 0.15) is 12.4 Å². The van der Waals surface area contributed by atoms with Crippen molar-refractivity contribution in [2.24, 2.45) is 5.73 Å². The lowest BCUT2D eigenvalue weighted by Crippen LogP contribution is -2.10. The predicted octanol–water partition coefficient (Wildman–Crippen LogP) is 1.26. The minimum absolute atomic E-state index is 0.0868. The second kappa shape index (κ2) is 3.90. The van der Waals surface area contributed by atoms with Crippen molar-refractivity contribution in [2.75, 3.05) is 13.2 Å². The van der Waals surface area contributed by atoms with E-state index in [4.69, 9.17) is 15.2 Å². The van der Waals surface area contributed by atoms with E-state index in [2.05, 4.69) is 0 Å². The van der Waals surface area contributed by atoms with Crippen LogP contribution in [-0.4, -0.2) is 19.2 Å². The Morgan fingerprint density at radius 3 is 3.20 bits per heavy atom. The lowest BCUT2D eigenvalue weighted by Gasteiger charge is -2.04. The predicted molar refractivity (Wildman–Crippen MR) is 54.8 cm³/mol. The van der Waals surface area contributed by atoms with Crippen molar-refractivity contribution in [1.82, 2.24) is 0 Å². The van der Waals surface area contributed by atoms with Crippen molar-refractivity contribution < 1.29 is 14.3 Å². The van der Waals surface area contributed by atoms with Crippen LogP contribution >= 0.6 is 0 Å². The summed E-state index contributed by atoms with van der Waals surface area (Å²) in [6.45, 7) is 2.62. The zero-order valence-corrected chi connectivity index (χ0v) is 8.53. The summed E-state index contributed by atoms with van der Waals surface area (Å²) >= 11 is 0. The number of ether oxygens (including phenoxy) is 2. The fraction of sp³-hybridized carbons (Fsp3) is 0.364. The number of fused-ring (bicyclic) bond motifs is 1. The molecule has 0 aliphatic carbocycles. The molecule has 0 radical (unpaired) electrons. The van der Waals surface area contributed by atoms with Crippen LogP contribution < -0.4 is 10.5 Å². The van der Waals surface area contributed by atoms with Crippen LogP contribution in [0.15, 0.2) is 18.2 Å². The summed E-state index contributed by atoms with van der Waals surface area (Å²) in [4.78, 5) is 11.4. The van der Waals surface area contributed by atoms with Gasteiger partial charge in [0.2, 0.25) is 0 Å². The Bertz CT molecular complexity index is 389. The third-order valence-electron chi connectivity index (χ3n) is 2.34. The summed E-state index contributed by atoms with van der Waals surface area (Å²) in [5.41, 5.74) is 7.24. The molecular weight excluding hydrogens is 194 g/mol. The van der Waals surface area contributed by atoms with Gasteiger partial charge in [-0.05, 0) is 19.1 Å². The van der Waals surface area contributed by atoms with E-state index in [1.54, 1.807) is 19.1 Å². The first-order valence-electron chi connectivity index (χ1n) is 4.92. The molecule has 4 nitrogen and oxygen atoms in total. The van der Waals surface area contributed by atoms with E-state index in [0.29, 0.717) is 24.5 Å². The molecular formula is C11H13NO3. The Morgan fingerprint density at radius 1 is 1.67 bits per heavy atom. The number of hydrogen-bond donors (Lipinski definition) is 1. The number of hydrogen-bond acceptors (Lipinski definition) is 4. The van der Waals surface area contributed by atoms with Gasteiger partial charge in [-0.1, -0.05) is 6.07 Å². The fourth-order valence-corrected chi connectivity index (χ4v) is 1.58. The number of nitrogens with two attached hydrogens (primary N) is 1. The van der Waals surface area contributed by atoms with Gasteiger partial charge in [-0.25, -0.2) is 4.79 Å². The molecule has 0 spiro atoms. The minimum Gasteiger partial charge on any atom is -0.491 e. The molecule has 1 aliphatic rings. The molecule has 0 amide bonds. The third-order valence-corrected chi connectivity index (χ3v) is 2.34. The van der Waals surface area contributed by atoms with Crippen LogP contribution in [-0.2, 0) is 4.74 Å². The lowest BCUT2D eigenvalue weighted by molar-refractivity contribution is 0.0526.